The predicted molar refractivity (Wildman–Crippen MR) is 117 cm³/mol. The smallest absolute Gasteiger partial charge is 0.191 e. The van der Waals surface area contributed by atoms with Gasteiger partial charge in [-0.15, -0.1) is 24.0 Å². The van der Waals surface area contributed by atoms with Crippen LogP contribution in [0.3, 0.4) is 0 Å². The average molecular weight is 493 g/mol. The monoisotopic (exact) mass is 492 g/mol. The van der Waals surface area contributed by atoms with Crippen LogP contribution in [0.4, 0.5) is 0 Å². The first-order valence-corrected chi connectivity index (χ1v) is 8.64. The summed E-state index contributed by atoms with van der Waals surface area (Å²) in [7, 11) is 1.76. The molecule has 2 N–H and O–H groups in total. The summed E-state index contributed by atoms with van der Waals surface area (Å²) in [4.78, 5) is 8.60. The van der Waals surface area contributed by atoms with Crippen molar-refractivity contribution in [3.8, 4) is 0 Å². The molecular weight excluding hydrogens is 470 g/mol. The first-order chi connectivity index (χ1) is 11.6. The minimum atomic E-state index is 0. The van der Waals surface area contributed by atoms with Crippen LogP contribution >= 0.6 is 47.2 Å². The van der Waals surface area contributed by atoms with E-state index in [4.69, 9.17) is 23.2 Å². The summed E-state index contributed by atoms with van der Waals surface area (Å²) in [6.07, 6.45) is 3.64. The van der Waals surface area contributed by atoms with Crippen LogP contribution in [0.15, 0.2) is 41.5 Å². The molecule has 0 aliphatic carbocycles. The lowest BCUT2D eigenvalue weighted by Gasteiger charge is -2.12. The largest absolute Gasteiger partial charge is 0.356 e. The Balaban J connectivity index is 0.00000312. The van der Waals surface area contributed by atoms with Crippen molar-refractivity contribution in [3.63, 3.8) is 0 Å². The Bertz CT molecular complexity index is 707. The minimum absolute atomic E-state index is 0. The van der Waals surface area contributed by atoms with Gasteiger partial charge in [-0.05, 0) is 49.1 Å². The summed E-state index contributed by atoms with van der Waals surface area (Å²) in [6.45, 7) is 3.51. The molecule has 0 saturated carbocycles. The third kappa shape index (κ3) is 7.38. The number of benzene rings is 1. The second kappa shape index (κ2) is 11.5. The Morgan fingerprint density at radius 1 is 1.20 bits per heavy atom. The molecule has 0 atom stereocenters. The zero-order valence-electron chi connectivity index (χ0n) is 14.4. The van der Waals surface area contributed by atoms with Crippen LogP contribution in [-0.4, -0.2) is 24.5 Å². The van der Waals surface area contributed by atoms with Crippen LogP contribution in [0.2, 0.25) is 10.0 Å². The van der Waals surface area contributed by atoms with E-state index in [1.54, 1.807) is 19.3 Å². The van der Waals surface area contributed by atoms with Gasteiger partial charge < -0.3 is 10.6 Å². The Hall–Kier alpha value is -1.05. The van der Waals surface area contributed by atoms with Gasteiger partial charge in [-0.1, -0.05) is 35.3 Å². The molecule has 0 spiro atoms. The van der Waals surface area contributed by atoms with E-state index in [-0.39, 0.29) is 24.0 Å². The maximum absolute atomic E-state index is 6.18. The second-order valence-corrected chi connectivity index (χ2v) is 6.30. The van der Waals surface area contributed by atoms with E-state index in [2.05, 4.69) is 33.6 Å². The fourth-order valence-electron chi connectivity index (χ4n) is 2.30. The normalized spacial score (nSPS) is 11.0. The highest BCUT2D eigenvalue weighted by Gasteiger charge is 2.03. The molecule has 1 aromatic carbocycles. The number of halogens is 3. The minimum Gasteiger partial charge on any atom is -0.356 e. The zero-order chi connectivity index (χ0) is 17.4. The molecule has 0 aliphatic rings. The summed E-state index contributed by atoms with van der Waals surface area (Å²) in [5.41, 5.74) is 3.29. The van der Waals surface area contributed by atoms with E-state index >= 15 is 0 Å². The maximum atomic E-state index is 6.18. The van der Waals surface area contributed by atoms with Crippen LogP contribution < -0.4 is 10.6 Å². The lowest BCUT2D eigenvalue weighted by Crippen LogP contribution is -2.37. The molecule has 0 aliphatic heterocycles. The summed E-state index contributed by atoms with van der Waals surface area (Å²) < 4.78 is 0. The van der Waals surface area contributed by atoms with Crippen molar-refractivity contribution in [2.45, 2.75) is 26.3 Å². The molecule has 2 rings (SSSR count). The molecule has 0 saturated heterocycles. The molecule has 0 amide bonds. The van der Waals surface area contributed by atoms with Crippen molar-refractivity contribution < 1.29 is 0 Å². The van der Waals surface area contributed by atoms with E-state index in [9.17, 15) is 0 Å². The van der Waals surface area contributed by atoms with Gasteiger partial charge in [0, 0.05) is 29.8 Å². The molecule has 0 radical (unpaired) electrons. The number of aromatic nitrogens is 1. The molecule has 4 nitrogen and oxygen atoms in total. The maximum Gasteiger partial charge on any atom is 0.191 e. The van der Waals surface area contributed by atoms with E-state index in [1.165, 1.54) is 0 Å². The number of aliphatic imine (C=N–C) groups is 1. The fraction of sp³-hybridized carbons (Fsp3) is 0.333. The lowest BCUT2D eigenvalue weighted by atomic mass is 10.1. The summed E-state index contributed by atoms with van der Waals surface area (Å²) in [6, 6.07) is 9.61. The van der Waals surface area contributed by atoms with Crippen molar-refractivity contribution in [3.05, 3.63) is 63.4 Å². The predicted octanol–water partition coefficient (Wildman–Crippen LogP) is 4.61. The molecule has 1 heterocycles. The number of pyridine rings is 1. The standard InChI is InChI=1S/C18H22Cl2N4.HI/c1-13-5-3-9-22-17(13)12-24-18(21-2)23-10-4-6-14-7-8-15(19)11-16(14)20;/h3,5,7-9,11H,4,6,10,12H2,1-2H3,(H2,21,23,24);1H. The van der Waals surface area contributed by atoms with Crippen molar-refractivity contribution in [1.29, 1.82) is 0 Å². The van der Waals surface area contributed by atoms with Crippen LogP contribution in [0.5, 0.6) is 0 Å². The molecule has 25 heavy (non-hydrogen) atoms. The summed E-state index contributed by atoms with van der Waals surface area (Å²) in [5.74, 6) is 0.766. The molecular formula is C18H23Cl2IN4. The molecule has 7 heteroatoms. The van der Waals surface area contributed by atoms with Gasteiger partial charge in [0.1, 0.15) is 0 Å². The number of nitrogens with zero attached hydrogens (tertiary/aromatic N) is 2. The van der Waals surface area contributed by atoms with Crippen LogP contribution in [0.25, 0.3) is 0 Å². The quantitative estimate of drug-likeness (QED) is 0.268. The Kier molecular flexibility index (Phi) is 10.2. The van der Waals surface area contributed by atoms with E-state index < -0.39 is 0 Å². The van der Waals surface area contributed by atoms with Gasteiger partial charge in [0.2, 0.25) is 0 Å². The third-order valence-electron chi connectivity index (χ3n) is 3.70. The van der Waals surface area contributed by atoms with Crippen LogP contribution in [0.1, 0.15) is 23.2 Å². The summed E-state index contributed by atoms with van der Waals surface area (Å²) in [5, 5.41) is 7.96. The van der Waals surface area contributed by atoms with Gasteiger partial charge in [0.25, 0.3) is 0 Å². The van der Waals surface area contributed by atoms with Gasteiger partial charge in [-0.25, -0.2) is 0 Å². The third-order valence-corrected chi connectivity index (χ3v) is 4.28. The molecule has 0 fully saturated rings. The highest BCUT2D eigenvalue weighted by molar-refractivity contribution is 14.0. The number of nitrogens with one attached hydrogen (secondary N) is 2. The first kappa shape index (κ1) is 22.0. The number of aryl methyl sites for hydroxylation is 2. The highest BCUT2D eigenvalue weighted by atomic mass is 127. The number of rotatable bonds is 6. The highest BCUT2D eigenvalue weighted by Crippen LogP contribution is 2.21. The van der Waals surface area contributed by atoms with E-state index in [1.807, 2.05) is 18.2 Å². The van der Waals surface area contributed by atoms with Gasteiger partial charge in [-0.2, -0.15) is 0 Å². The Morgan fingerprint density at radius 2 is 2.00 bits per heavy atom. The zero-order valence-corrected chi connectivity index (χ0v) is 18.2. The average Bonchev–Trinajstić information content (AvgIpc) is 2.57. The number of hydrogen-bond acceptors (Lipinski definition) is 2. The molecule has 136 valence electrons. The fourth-order valence-corrected chi connectivity index (χ4v) is 2.80. The molecule has 0 unspecified atom stereocenters. The van der Waals surface area contributed by atoms with Crippen LogP contribution in [-0.2, 0) is 13.0 Å². The van der Waals surface area contributed by atoms with Crippen molar-refractivity contribution in [2.75, 3.05) is 13.6 Å². The van der Waals surface area contributed by atoms with Crippen molar-refractivity contribution in [2.24, 2.45) is 4.99 Å². The topological polar surface area (TPSA) is 49.3 Å². The van der Waals surface area contributed by atoms with Gasteiger partial charge in [0.05, 0.1) is 12.2 Å². The van der Waals surface area contributed by atoms with Gasteiger partial charge in [0.15, 0.2) is 5.96 Å². The first-order valence-electron chi connectivity index (χ1n) is 7.89. The summed E-state index contributed by atoms with van der Waals surface area (Å²) >= 11 is 12.1. The number of hydrogen-bond donors (Lipinski definition) is 2. The SMILES string of the molecule is CN=C(NCCCc1ccc(Cl)cc1Cl)NCc1ncccc1C.I. The lowest BCUT2D eigenvalue weighted by molar-refractivity contribution is 0.736. The van der Waals surface area contributed by atoms with Crippen molar-refractivity contribution >= 4 is 53.1 Å². The second-order valence-electron chi connectivity index (χ2n) is 5.46. The molecule has 0 bridgehead atoms. The van der Waals surface area contributed by atoms with Gasteiger partial charge in [-0.3, -0.25) is 9.98 Å². The van der Waals surface area contributed by atoms with E-state index in [0.717, 1.165) is 47.2 Å². The van der Waals surface area contributed by atoms with Crippen molar-refractivity contribution in [1.82, 2.24) is 15.6 Å². The Morgan fingerprint density at radius 3 is 2.68 bits per heavy atom. The van der Waals surface area contributed by atoms with E-state index in [0.29, 0.717) is 11.6 Å². The van der Waals surface area contributed by atoms with Crippen LogP contribution in [0, 0.1) is 6.92 Å². The molecule has 1 aromatic heterocycles. The Labute approximate surface area is 176 Å². The van der Waals surface area contributed by atoms with Gasteiger partial charge >= 0.3 is 0 Å². The number of guanidine groups is 1. The molecule has 2 aromatic rings.